The summed E-state index contributed by atoms with van der Waals surface area (Å²) in [6, 6.07) is -0.379. The lowest BCUT2D eigenvalue weighted by atomic mass is 10.1. The van der Waals surface area contributed by atoms with Gasteiger partial charge in [-0.05, 0) is 45.6 Å². The minimum absolute atomic E-state index is 0.0328. The Morgan fingerprint density at radius 1 is 1.29 bits per heavy atom. The number of H-pyrrole nitrogens is 1. The van der Waals surface area contributed by atoms with Gasteiger partial charge in [0.2, 0.25) is 0 Å². The highest BCUT2D eigenvalue weighted by atomic mass is 32.2. The predicted octanol–water partition coefficient (Wildman–Crippen LogP) is 1.62. The first-order valence-electron chi connectivity index (χ1n) is 9.72. The quantitative estimate of drug-likeness (QED) is 0.712. The largest absolute Gasteiger partial charge is 0.462 e. The van der Waals surface area contributed by atoms with Crippen LogP contribution in [-0.2, 0) is 19.3 Å². The first-order valence-corrected chi connectivity index (χ1v) is 11.5. The molecule has 3 heterocycles. The van der Waals surface area contributed by atoms with E-state index < -0.39 is 15.8 Å². The Hall–Kier alpha value is -1.87. The van der Waals surface area contributed by atoms with Crippen LogP contribution in [0.3, 0.4) is 0 Å². The van der Waals surface area contributed by atoms with Gasteiger partial charge in [0.1, 0.15) is 5.69 Å². The van der Waals surface area contributed by atoms with Crippen molar-refractivity contribution in [1.29, 1.82) is 0 Å². The van der Waals surface area contributed by atoms with E-state index in [1.807, 2.05) is 0 Å². The fourth-order valence-electron chi connectivity index (χ4n) is 4.04. The van der Waals surface area contributed by atoms with Crippen LogP contribution in [0.2, 0.25) is 0 Å². The second-order valence-corrected chi connectivity index (χ2v) is 9.72. The third kappa shape index (κ3) is 4.25. The van der Waals surface area contributed by atoms with E-state index in [-0.39, 0.29) is 36.2 Å². The summed E-state index contributed by atoms with van der Waals surface area (Å²) in [6.45, 7) is 6.41. The van der Waals surface area contributed by atoms with E-state index in [9.17, 15) is 18.0 Å². The van der Waals surface area contributed by atoms with E-state index in [4.69, 9.17) is 9.47 Å². The molecule has 9 heteroatoms. The van der Waals surface area contributed by atoms with Crippen LogP contribution in [0.5, 0.6) is 0 Å². The Morgan fingerprint density at radius 3 is 2.61 bits per heavy atom. The zero-order chi connectivity index (χ0) is 20.5. The number of sulfone groups is 1. The van der Waals surface area contributed by atoms with Gasteiger partial charge in [0.05, 0.1) is 29.8 Å². The molecule has 1 aromatic rings. The smallest absolute Gasteiger partial charge is 0.340 e. The van der Waals surface area contributed by atoms with Crippen molar-refractivity contribution < 1.29 is 27.5 Å². The number of aryl methyl sites for hydroxylation is 1. The number of carbonyl (C=O) groups is 2. The molecule has 8 nitrogen and oxygen atoms in total. The number of aromatic amines is 1. The SMILES string of the molecule is CCOC(=O)c1c(C)[nH]c(C(=O)N(CC2CCCO2)C2CCS(=O)(=O)C2)c1C. The molecule has 0 bridgehead atoms. The maximum Gasteiger partial charge on any atom is 0.340 e. The summed E-state index contributed by atoms with van der Waals surface area (Å²) in [4.78, 5) is 30.3. The minimum atomic E-state index is -3.14. The lowest BCUT2D eigenvalue weighted by molar-refractivity contribution is 0.0437. The maximum absolute atomic E-state index is 13.4. The average molecular weight is 413 g/mol. The van der Waals surface area contributed by atoms with Gasteiger partial charge in [0.15, 0.2) is 9.84 Å². The Kier molecular flexibility index (Phi) is 6.14. The Labute approximate surface area is 165 Å². The standard InChI is InChI=1S/C19H28N2O6S/c1-4-26-19(23)16-12(2)17(20-13(16)3)18(22)21(10-15-6-5-8-27-15)14-7-9-28(24,25)11-14/h14-15,20H,4-11H2,1-3H3. The number of aromatic nitrogens is 1. The van der Waals surface area contributed by atoms with E-state index in [1.54, 1.807) is 25.7 Å². The number of amides is 1. The molecule has 0 aliphatic carbocycles. The van der Waals surface area contributed by atoms with Crippen LogP contribution in [0.1, 0.15) is 58.3 Å². The number of carbonyl (C=O) groups excluding carboxylic acids is 2. The number of hydrogen-bond acceptors (Lipinski definition) is 6. The van der Waals surface area contributed by atoms with Crippen LogP contribution in [0.15, 0.2) is 0 Å². The van der Waals surface area contributed by atoms with Crippen molar-refractivity contribution in [3.05, 3.63) is 22.5 Å². The lowest BCUT2D eigenvalue weighted by Gasteiger charge is -2.30. The fourth-order valence-corrected chi connectivity index (χ4v) is 5.77. The molecular formula is C19H28N2O6S. The summed E-state index contributed by atoms with van der Waals surface area (Å²) in [7, 11) is -3.14. The number of ether oxygens (including phenoxy) is 2. The van der Waals surface area contributed by atoms with E-state index in [1.165, 1.54) is 0 Å². The number of nitrogens with one attached hydrogen (secondary N) is 1. The molecular weight excluding hydrogens is 384 g/mol. The average Bonchev–Trinajstić information content (AvgIpc) is 3.32. The molecule has 2 fully saturated rings. The third-order valence-electron chi connectivity index (χ3n) is 5.47. The second kappa shape index (κ2) is 8.24. The summed E-state index contributed by atoms with van der Waals surface area (Å²) >= 11 is 0. The van der Waals surface area contributed by atoms with E-state index in [2.05, 4.69) is 4.98 Å². The zero-order valence-electron chi connectivity index (χ0n) is 16.6. The highest BCUT2D eigenvalue weighted by Crippen LogP contribution is 2.26. The van der Waals surface area contributed by atoms with Crippen molar-refractivity contribution in [3.63, 3.8) is 0 Å². The van der Waals surface area contributed by atoms with Crippen LogP contribution < -0.4 is 0 Å². The number of esters is 1. The van der Waals surface area contributed by atoms with Crippen LogP contribution in [0.25, 0.3) is 0 Å². The maximum atomic E-state index is 13.4. The predicted molar refractivity (Wildman–Crippen MR) is 103 cm³/mol. The molecule has 2 unspecified atom stereocenters. The van der Waals surface area contributed by atoms with E-state index >= 15 is 0 Å². The van der Waals surface area contributed by atoms with Gasteiger partial charge in [-0.3, -0.25) is 4.79 Å². The van der Waals surface area contributed by atoms with Gasteiger partial charge in [0.25, 0.3) is 5.91 Å². The van der Waals surface area contributed by atoms with Gasteiger partial charge in [-0.2, -0.15) is 0 Å². The van der Waals surface area contributed by atoms with Gasteiger partial charge in [0, 0.05) is 24.9 Å². The molecule has 3 rings (SSSR count). The summed E-state index contributed by atoms with van der Waals surface area (Å²) < 4.78 is 34.8. The van der Waals surface area contributed by atoms with Crippen LogP contribution >= 0.6 is 0 Å². The fraction of sp³-hybridized carbons (Fsp3) is 0.684. The van der Waals surface area contributed by atoms with Crippen molar-refractivity contribution >= 4 is 21.7 Å². The molecule has 28 heavy (non-hydrogen) atoms. The van der Waals surface area contributed by atoms with E-state index in [0.29, 0.717) is 42.1 Å². The summed E-state index contributed by atoms with van der Waals surface area (Å²) in [5.41, 5.74) is 1.76. The number of rotatable bonds is 6. The van der Waals surface area contributed by atoms with Gasteiger partial charge in [-0.25, -0.2) is 13.2 Å². The topological polar surface area (TPSA) is 106 Å². The second-order valence-electron chi connectivity index (χ2n) is 7.49. The molecule has 0 saturated carbocycles. The molecule has 2 saturated heterocycles. The molecule has 1 aromatic heterocycles. The first-order chi connectivity index (χ1) is 13.2. The van der Waals surface area contributed by atoms with Gasteiger partial charge < -0.3 is 19.4 Å². The minimum Gasteiger partial charge on any atom is -0.462 e. The highest BCUT2D eigenvalue weighted by Gasteiger charge is 2.38. The monoisotopic (exact) mass is 412 g/mol. The van der Waals surface area contributed by atoms with Crippen molar-refractivity contribution in [1.82, 2.24) is 9.88 Å². The molecule has 2 aliphatic rings. The zero-order valence-corrected chi connectivity index (χ0v) is 17.4. The molecule has 1 amide bonds. The first kappa shape index (κ1) is 20.9. The van der Waals surface area contributed by atoms with Crippen LogP contribution in [0.4, 0.5) is 0 Å². The summed E-state index contributed by atoms with van der Waals surface area (Å²) in [5.74, 6) is -0.714. The van der Waals surface area contributed by atoms with Gasteiger partial charge in [-0.15, -0.1) is 0 Å². The molecule has 2 aliphatic heterocycles. The molecule has 0 radical (unpaired) electrons. The Morgan fingerprint density at radius 2 is 2.04 bits per heavy atom. The van der Waals surface area contributed by atoms with Gasteiger partial charge >= 0.3 is 5.97 Å². The third-order valence-corrected chi connectivity index (χ3v) is 7.22. The summed E-state index contributed by atoms with van der Waals surface area (Å²) in [5, 5.41) is 0. The lowest BCUT2D eigenvalue weighted by Crippen LogP contribution is -2.45. The van der Waals surface area contributed by atoms with Crippen molar-refractivity contribution in [2.45, 2.75) is 52.2 Å². The molecule has 0 aromatic carbocycles. The van der Waals surface area contributed by atoms with Crippen molar-refractivity contribution in [2.75, 3.05) is 31.3 Å². The molecule has 0 spiro atoms. The van der Waals surface area contributed by atoms with Crippen LogP contribution in [0, 0.1) is 13.8 Å². The Balaban J connectivity index is 1.90. The normalized spacial score (nSPS) is 23.7. The highest BCUT2D eigenvalue weighted by molar-refractivity contribution is 7.91. The van der Waals surface area contributed by atoms with E-state index in [0.717, 1.165) is 12.8 Å². The van der Waals surface area contributed by atoms with Crippen LogP contribution in [-0.4, -0.2) is 73.6 Å². The molecule has 2 atom stereocenters. The number of nitrogens with zero attached hydrogens (tertiary/aromatic N) is 1. The van der Waals surface area contributed by atoms with Gasteiger partial charge in [-0.1, -0.05) is 0 Å². The van der Waals surface area contributed by atoms with Crippen molar-refractivity contribution in [2.24, 2.45) is 0 Å². The van der Waals surface area contributed by atoms with Crippen molar-refractivity contribution in [3.8, 4) is 0 Å². The molecule has 156 valence electrons. The summed E-state index contributed by atoms with van der Waals surface area (Å²) in [6.07, 6.45) is 2.11. The molecule has 1 N–H and O–H groups in total. The number of hydrogen-bond donors (Lipinski definition) is 1. The Bertz CT molecular complexity index is 854.